The van der Waals surface area contributed by atoms with Crippen molar-refractivity contribution in [2.75, 3.05) is 0 Å². The predicted octanol–water partition coefficient (Wildman–Crippen LogP) is 4.70. The summed E-state index contributed by atoms with van der Waals surface area (Å²) in [7, 11) is 0. The SMILES string of the molecule is C=CCCCCCC(=O)Cc1ccc(Br)cc1. The van der Waals surface area contributed by atoms with Crippen LogP contribution in [0.5, 0.6) is 0 Å². The highest BCUT2D eigenvalue weighted by Crippen LogP contribution is 2.12. The Labute approximate surface area is 112 Å². The molecular weight excluding hydrogens is 276 g/mol. The van der Waals surface area contributed by atoms with Crippen molar-refractivity contribution in [2.24, 2.45) is 0 Å². The van der Waals surface area contributed by atoms with Crippen LogP contribution in [0.1, 0.15) is 37.7 Å². The molecule has 0 amide bonds. The molecule has 92 valence electrons. The van der Waals surface area contributed by atoms with Gasteiger partial charge in [-0.05, 0) is 37.0 Å². The van der Waals surface area contributed by atoms with E-state index in [1.54, 1.807) is 0 Å². The van der Waals surface area contributed by atoms with Gasteiger partial charge in [-0.15, -0.1) is 6.58 Å². The fraction of sp³-hybridized carbons (Fsp3) is 0.400. The number of rotatable bonds is 8. The molecule has 1 aromatic rings. The van der Waals surface area contributed by atoms with E-state index in [9.17, 15) is 4.79 Å². The molecule has 1 rings (SSSR count). The van der Waals surface area contributed by atoms with E-state index < -0.39 is 0 Å². The van der Waals surface area contributed by atoms with E-state index in [2.05, 4.69) is 22.5 Å². The summed E-state index contributed by atoms with van der Waals surface area (Å²) in [5.74, 6) is 0.339. The van der Waals surface area contributed by atoms with Gasteiger partial charge in [0.15, 0.2) is 0 Å². The van der Waals surface area contributed by atoms with Crippen molar-refractivity contribution in [1.29, 1.82) is 0 Å². The minimum Gasteiger partial charge on any atom is -0.299 e. The minimum atomic E-state index is 0.339. The van der Waals surface area contributed by atoms with Crippen LogP contribution in [-0.4, -0.2) is 5.78 Å². The Balaban J connectivity index is 2.20. The molecule has 0 saturated carbocycles. The van der Waals surface area contributed by atoms with Gasteiger partial charge in [0.2, 0.25) is 0 Å². The predicted molar refractivity (Wildman–Crippen MR) is 76.1 cm³/mol. The van der Waals surface area contributed by atoms with Crippen LogP contribution in [0, 0.1) is 0 Å². The molecule has 0 spiro atoms. The molecule has 0 unspecified atom stereocenters. The zero-order valence-electron chi connectivity index (χ0n) is 10.1. The minimum absolute atomic E-state index is 0.339. The number of carbonyl (C=O) groups excluding carboxylic acids is 1. The Morgan fingerprint density at radius 1 is 1.18 bits per heavy atom. The van der Waals surface area contributed by atoms with Gasteiger partial charge in [0.05, 0.1) is 0 Å². The highest BCUT2D eigenvalue weighted by atomic mass is 79.9. The van der Waals surface area contributed by atoms with Crippen LogP contribution in [0.3, 0.4) is 0 Å². The largest absolute Gasteiger partial charge is 0.299 e. The molecule has 0 fully saturated rings. The standard InChI is InChI=1S/C15H19BrO/c1-2-3-4-5-6-7-15(17)12-13-8-10-14(16)11-9-13/h2,8-11H,1,3-7,12H2. The number of allylic oxidation sites excluding steroid dienone is 1. The number of Topliss-reactive ketones (excluding diaryl/α,β-unsaturated/α-hetero) is 1. The number of benzene rings is 1. The van der Waals surface area contributed by atoms with E-state index in [1.165, 1.54) is 0 Å². The van der Waals surface area contributed by atoms with Gasteiger partial charge in [0.1, 0.15) is 5.78 Å². The molecule has 0 atom stereocenters. The second-order valence-corrected chi connectivity index (χ2v) is 5.15. The summed E-state index contributed by atoms with van der Waals surface area (Å²) in [5.41, 5.74) is 1.10. The average Bonchev–Trinajstić information content (AvgIpc) is 2.32. The second kappa shape index (κ2) is 8.24. The molecule has 0 N–H and O–H groups in total. The summed E-state index contributed by atoms with van der Waals surface area (Å²) in [5, 5.41) is 0. The van der Waals surface area contributed by atoms with Gasteiger partial charge in [-0.1, -0.05) is 40.6 Å². The summed E-state index contributed by atoms with van der Waals surface area (Å²) in [6, 6.07) is 7.96. The Morgan fingerprint density at radius 2 is 1.88 bits per heavy atom. The summed E-state index contributed by atoms with van der Waals surface area (Å²) >= 11 is 3.38. The van der Waals surface area contributed by atoms with Gasteiger partial charge in [-0.2, -0.15) is 0 Å². The number of hydrogen-bond acceptors (Lipinski definition) is 1. The van der Waals surface area contributed by atoms with E-state index in [1.807, 2.05) is 30.3 Å². The molecule has 0 radical (unpaired) electrons. The van der Waals surface area contributed by atoms with Crippen LogP contribution in [0.25, 0.3) is 0 Å². The van der Waals surface area contributed by atoms with Crippen molar-refractivity contribution in [1.82, 2.24) is 0 Å². The third-order valence-corrected chi connectivity index (χ3v) is 3.21. The maximum Gasteiger partial charge on any atom is 0.137 e. The zero-order chi connectivity index (χ0) is 12.5. The lowest BCUT2D eigenvalue weighted by atomic mass is 10.0. The molecule has 0 aliphatic rings. The van der Waals surface area contributed by atoms with Gasteiger partial charge >= 0.3 is 0 Å². The molecule has 0 aliphatic carbocycles. The van der Waals surface area contributed by atoms with E-state index >= 15 is 0 Å². The molecule has 1 aromatic carbocycles. The van der Waals surface area contributed by atoms with Crippen LogP contribution in [0.2, 0.25) is 0 Å². The summed E-state index contributed by atoms with van der Waals surface area (Å²) in [6.07, 6.45) is 7.53. The molecule has 0 aliphatic heterocycles. The molecule has 0 saturated heterocycles. The highest BCUT2D eigenvalue weighted by Gasteiger charge is 2.03. The van der Waals surface area contributed by atoms with Crippen molar-refractivity contribution in [2.45, 2.75) is 38.5 Å². The topological polar surface area (TPSA) is 17.1 Å². The van der Waals surface area contributed by atoms with Gasteiger partial charge < -0.3 is 0 Å². The molecular formula is C15H19BrO. The van der Waals surface area contributed by atoms with Crippen LogP contribution < -0.4 is 0 Å². The smallest absolute Gasteiger partial charge is 0.137 e. The first-order chi connectivity index (χ1) is 8.22. The normalized spacial score (nSPS) is 10.2. The third-order valence-electron chi connectivity index (χ3n) is 2.68. The van der Waals surface area contributed by atoms with E-state index in [4.69, 9.17) is 0 Å². The quantitative estimate of drug-likeness (QED) is 0.502. The monoisotopic (exact) mass is 294 g/mol. The summed E-state index contributed by atoms with van der Waals surface area (Å²) in [4.78, 5) is 11.7. The van der Waals surface area contributed by atoms with E-state index in [0.717, 1.165) is 35.7 Å². The van der Waals surface area contributed by atoms with Crippen molar-refractivity contribution in [3.63, 3.8) is 0 Å². The molecule has 0 heterocycles. The molecule has 0 bridgehead atoms. The molecule has 1 nitrogen and oxygen atoms in total. The van der Waals surface area contributed by atoms with Crippen LogP contribution in [0.4, 0.5) is 0 Å². The van der Waals surface area contributed by atoms with Crippen LogP contribution in [0.15, 0.2) is 41.4 Å². The first-order valence-corrected chi connectivity index (χ1v) is 6.88. The maximum absolute atomic E-state index is 11.7. The lowest BCUT2D eigenvalue weighted by molar-refractivity contribution is -0.118. The van der Waals surface area contributed by atoms with Crippen molar-refractivity contribution in [3.8, 4) is 0 Å². The van der Waals surface area contributed by atoms with Gasteiger partial charge in [0, 0.05) is 17.3 Å². The molecule has 0 aromatic heterocycles. The van der Waals surface area contributed by atoms with E-state index in [-0.39, 0.29) is 0 Å². The van der Waals surface area contributed by atoms with Crippen molar-refractivity contribution in [3.05, 3.63) is 47.0 Å². The van der Waals surface area contributed by atoms with Gasteiger partial charge in [-0.3, -0.25) is 4.79 Å². The van der Waals surface area contributed by atoms with Crippen LogP contribution in [-0.2, 0) is 11.2 Å². The lowest BCUT2D eigenvalue weighted by Gasteiger charge is -2.01. The Morgan fingerprint density at radius 3 is 2.53 bits per heavy atom. The van der Waals surface area contributed by atoms with Crippen molar-refractivity contribution < 1.29 is 4.79 Å². The number of carbonyl (C=O) groups is 1. The number of halogens is 1. The maximum atomic E-state index is 11.7. The Kier molecular flexibility index (Phi) is 6.87. The summed E-state index contributed by atoms with van der Waals surface area (Å²) < 4.78 is 1.05. The molecule has 17 heavy (non-hydrogen) atoms. The second-order valence-electron chi connectivity index (χ2n) is 4.23. The van der Waals surface area contributed by atoms with Crippen molar-refractivity contribution >= 4 is 21.7 Å². The lowest BCUT2D eigenvalue weighted by Crippen LogP contribution is -2.02. The Hall–Kier alpha value is -0.890. The molecule has 2 heteroatoms. The average molecular weight is 295 g/mol. The Bertz CT molecular complexity index is 354. The fourth-order valence-electron chi connectivity index (χ4n) is 1.71. The van der Waals surface area contributed by atoms with Crippen LogP contribution >= 0.6 is 15.9 Å². The number of unbranched alkanes of at least 4 members (excludes halogenated alkanes) is 3. The number of ketones is 1. The third kappa shape index (κ3) is 6.42. The highest BCUT2D eigenvalue weighted by molar-refractivity contribution is 9.10. The first-order valence-electron chi connectivity index (χ1n) is 6.09. The first kappa shape index (κ1) is 14.2. The van der Waals surface area contributed by atoms with E-state index in [0.29, 0.717) is 18.6 Å². The zero-order valence-corrected chi connectivity index (χ0v) is 11.7. The summed E-state index contributed by atoms with van der Waals surface area (Å²) in [6.45, 7) is 3.69. The van der Waals surface area contributed by atoms with Gasteiger partial charge in [-0.25, -0.2) is 0 Å². The van der Waals surface area contributed by atoms with Gasteiger partial charge in [0.25, 0.3) is 0 Å². The number of hydrogen-bond donors (Lipinski definition) is 0. The fourth-order valence-corrected chi connectivity index (χ4v) is 1.97.